The first-order chi connectivity index (χ1) is 10.6. The third kappa shape index (κ3) is 2.91. The van der Waals surface area contributed by atoms with E-state index in [0.29, 0.717) is 12.2 Å². The van der Waals surface area contributed by atoms with Crippen molar-refractivity contribution in [2.24, 2.45) is 0 Å². The number of carbonyl (C=O) groups excluding carboxylic acids is 1. The van der Waals surface area contributed by atoms with Gasteiger partial charge in [-0.15, -0.1) is 0 Å². The second kappa shape index (κ2) is 6.10. The molecule has 1 aliphatic heterocycles. The summed E-state index contributed by atoms with van der Waals surface area (Å²) in [7, 11) is 1.79. The molecule has 114 valence electrons. The van der Waals surface area contributed by atoms with Crippen LogP contribution in [0.5, 0.6) is 11.5 Å². The topological polar surface area (TPSA) is 38.8 Å². The van der Waals surface area contributed by atoms with E-state index >= 15 is 0 Å². The maximum Gasteiger partial charge on any atom is 0.231 e. The Balaban J connectivity index is 1.66. The van der Waals surface area contributed by atoms with Crippen molar-refractivity contribution in [3.05, 3.63) is 53.6 Å². The summed E-state index contributed by atoms with van der Waals surface area (Å²) in [6.07, 6.45) is 1.23. The molecule has 0 radical (unpaired) electrons. The van der Waals surface area contributed by atoms with Crippen LogP contribution in [0, 0.1) is 6.92 Å². The minimum Gasteiger partial charge on any atom is -0.454 e. The summed E-state index contributed by atoms with van der Waals surface area (Å²) in [5.74, 6) is 1.50. The van der Waals surface area contributed by atoms with Crippen LogP contribution in [0.25, 0.3) is 0 Å². The summed E-state index contributed by atoms with van der Waals surface area (Å²) in [6, 6.07) is 13.7. The zero-order valence-electron chi connectivity index (χ0n) is 12.8. The van der Waals surface area contributed by atoms with Crippen molar-refractivity contribution < 1.29 is 14.3 Å². The highest BCUT2D eigenvalue weighted by Gasteiger charge is 2.17. The molecule has 2 aromatic carbocycles. The van der Waals surface area contributed by atoms with E-state index < -0.39 is 0 Å². The van der Waals surface area contributed by atoms with E-state index in [0.717, 1.165) is 17.9 Å². The fourth-order valence-electron chi connectivity index (χ4n) is 2.54. The molecular weight excluding hydrogens is 278 g/mol. The maximum absolute atomic E-state index is 12.4. The molecule has 1 heterocycles. The average molecular weight is 297 g/mol. The van der Waals surface area contributed by atoms with Crippen LogP contribution in [0.3, 0.4) is 0 Å². The number of hydrogen-bond acceptors (Lipinski definition) is 3. The smallest absolute Gasteiger partial charge is 0.231 e. The third-order valence-electron chi connectivity index (χ3n) is 3.99. The van der Waals surface area contributed by atoms with Gasteiger partial charge in [-0.25, -0.2) is 0 Å². The van der Waals surface area contributed by atoms with E-state index in [2.05, 4.69) is 19.1 Å². The van der Waals surface area contributed by atoms with Crippen LogP contribution in [0.15, 0.2) is 42.5 Å². The third-order valence-corrected chi connectivity index (χ3v) is 3.99. The Morgan fingerprint density at radius 1 is 1.14 bits per heavy atom. The van der Waals surface area contributed by atoms with Gasteiger partial charge in [0.2, 0.25) is 12.7 Å². The number of aryl methyl sites for hydroxylation is 2. The Labute approximate surface area is 130 Å². The second-order valence-electron chi connectivity index (χ2n) is 5.42. The minimum atomic E-state index is 0.0853. The van der Waals surface area contributed by atoms with Crippen molar-refractivity contribution in [3.63, 3.8) is 0 Å². The fraction of sp³-hybridized carbons (Fsp3) is 0.278. The molecule has 4 heteroatoms. The molecule has 0 bridgehead atoms. The molecule has 0 N–H and O–H groups in total. The van der Waals surface area contributed by atoms with Crippen LogP contribution in [0.4, 0.5) is 5.69 Å². The lowest BCUT2D eigenvalue weighted by atomic mass is 10.0. The lowest BCUT2D eigenvalue weighted by Crippen LogP contribution is -2.26. The molecule has 4 nitrogen and oxygen atoms in total. The molecule has 0 aromatic heterocycles. The summed E-state index contributed by atoms with van der Waals surface area (Å²) >= 11 is 0. The van der Waals surface area contributed by atoms with E-state index in [4.69, 9.17) is 9.47 Å². The quantitative estimate of drug-likeness (QED) is 0.869. The van der Waals surface area contributed by atoms with Gasteiger partial charge in [-0.05, 0) is 36.6 Å². The summed E-state index contributed by atoms with van der Waals surface area (Å²) in [5, 5.41) is 0. The maximum atomic E-state index is 12.4. The van der Waals surface area contributed by atoms with Gasteiger partial charge in [0.05, 0.1) is 0 Å². The van der Waals surface area contributed by atoms with Crippen molar-refractivity contribution in [1.29, 1.82) is 0 Å². The standard InChI is InChI=1S/C18H19NO3/c1-13-5-3-4-6-14(13)7-10-18(20)19(2)15-8-9-16-17(11-15)22-12-21-16/h3-6,8-9,11H,7,10,12H2,1-2H3. The zero-order chi connectivity index (χ0) is 15.5. The van der Waals surface area contributed by atoms with Crippen LogP contribution < -0.4 is 14.4 Å². The molecular formula is C18H19NO3. The van der Waals surface area contributed by atoms with Gasteiger partial charge >= 0.3 is 0 Å². The van der Waals surface area contributed by atoms with Gasteiger partial charge in [0, 0.05) is 25.2 Å². The number of rotatable bonds is 4. The van der Waals surface area contributed by atoms with Gasteiger partial charge in [-0.1, -0.05) is 24.3 Å². The summed E-state index contributed by atoms with van der Waals surface area (Å²) < 4.78 is 10.6. The SMILES string of the molecule is Cc1ccccc1CCC(=O)N(C)c1ccc2c(c1)OCO2. The molecule has 1 amide bonds. The number of amides is 1. The molecule has 1 aliphatic rings. The first kappa shape index (κ1) is 14.4. The van der Waals surface area contributed by atoms with E-state index in [1.165, 1.54) is 11.1 Å². The lowest BCUT2D eigenvalue weighted by molar-refractivity contribution is -0.118. The van der Waals surface area contributed by atoms with Crippen LogP contribution in [-0.2, 0) is 11.2 Å². The van der Waals surface area contributed by atoms with Gasteiger partial charge < -0.3 is 14.4 Å². The van der Waals surface area contributed by atoms with E-state index in [1.54, 1.807) is 11.9 Å². The molecule has 0 aliphatic carbocycles. The summed E-state index contributed by atoms with van der Waals surface area (Å²) in [5.41, 5.74) is 3.26. The zero-order valence-corrected chi connectivity index (χ0v) is 12.8. The number of ether oxygens (including phenoxy) is 2. The van der Waals surface area contributed by atoms with E-state index in [9.17, 15) is 4.79 Å². The first-order valence-corrected chi connectivity index (χ1v) is 7.36. The second-order valence-corrected chi connectivity index (χ2v) is 5.42. The normalized spacial score (nSPS) is 12.3. The van der Waals surface area contributed by atoms with Crippen molar-refractivity contribution in [2.75, 3.05) is 18.7 Å². The highest BCUT2D eigenvalue weighted by Crippen LogP contribution is 2.35. The summed E-state index contributed by atoms with van der Waals surface area (Å²) in [6.45, 7) is 2.31. The lowest BCUT2D eigenvalue weighted by Gasteiger charge is -2.18. The number of nitrogens with zero attached hydrogens (tertiary/aromatic N) is 1. The fourth-order valence-corrected chi connectivity index (χ4v) is 2.54. The molecule has 0 saturated heterocycles. The van der Waals surface area contributed by atoms with Crippen molar-refractivity contribution in [3.8, 4) is 11.5 Å². The predicted molar refractivity (Wildman–Crippen MR) is 85.5 cm³/mol. The molecule has 3 rings (SSSR count). The predicted octanol–water partition coefficient (Wildman–Crippen LogP) is 3.32. The van der Waals surface area contributed by atoms with Crippen molar-refractivity contribution >= 4 is 11.6 Å². The van der Waals surface area contributed by atoms with Gasteiger partial charge in [0.25, 0.3) is 0 Å². The molecule has 0 atom stereocenters. The number of fused-ring (bicyclic) bond motifs is 1. The molecule has 0 unspecified atom stereocenters. The number of hydrogen-bond donors (Lipinski definition) is 0. The molecule has 22 heavy (non-hydrogen) atoms. The molecule has 0 saturated carbocycles. The monoisotopic (exact) mass is 297 g/mol. The van der Waals surface area contributed by atoms with Gasteiger partial charge in [0.15, 0.2) is 11.5 Å². The Bertz CT molecular complexity index is 696. The van der Waals surface area contributed by atoms with Crippen LogP contribution in [0.2, 0.25) is 0 Å². The molecule has 0 spiro atoms. The highest BCUT2D eigenvalue weighted by atomic mass is 16.7. The van der Waals surface area contributed by atoms with Crippen molar-refractivity contribution in [2.45, 2.75) is 19.8 Å². The Morgan fingerprint density at radius 3 is 2.73 bits per heavy atom. The van der Waals surface area contributed by atoms with E-state index in [-0.39, 0.29) is 12.7 Å². The Morgan fingerprint density at radius 2 is 1.91 bits per heavy atom. The van der Waals surface area contributed by atoms with Gasteiger partial charge in [-0.3, -0.25) is 4.79 Å². The van der Waals surface area contributed by atoms with Gasteiger partial charge in [-0.2, -0.15) is 0 Å². The first-order valence-electron chi connectivity index (χ1n) is 7.36. The number of benzene rings is 2. The Kier molecular flexibility index (Phi) is 4.00. The largest absolute Gasteiger partial charge is 0.454 e. The van der Waals surface area contributed by atoms with Crippen molar-refractivity contribution in [1.82, 2.24) is 0 Å². The number of anilines is 1. The van der Waals surface area contributed by atoms with Crippen LogP contribution in [0.1, 0.15) is 17.5 Å². The minimum absolute atomic E-state index is 0.0853. The molecule has 2 aromatic rings. The van der Waals surface area contributed by atoms with Gasteiger partial charge in [0.1, 0.15) is 0 Å². The van der Waals surface area contributed by atoms with E-state index in [1.807, 2.05) is 30.3 Å². The Hall–Kier alpha value is -2.49. The van der Waals surface area contributed by atoms with Crippen LogP contribution in [-0.4, -0.2) is 19.7 Å². The number of carbonyl (C=O) groups is 1. The highest BCUT2D eigenvalue weighted by molar-refractivity contribution is 5.93. The van der Waals surface area contributed by atoms with Crippen LogP contribution >= 0.6 is 0 Å². The average Bonchev–Trinajstić information content (AvgIpc) is 3.00. The molecule has 0 fully saturated rings. The summed E-state index contributed by atoms with van der Waals surface area (Å²) in [4.78, 5) is 14.0.